The maximum atomic E-state index is 10.0. The van der Waals surface area contributed by atoms with Crippen molar-refractivity contribution in [2.24, 2.45) is 0 Å². The van der Waals surface area contributed by atoms with Crippen LogP contribution < -0.4 is 0 Å². The van der Waals surface area contributed by atoms with E-state index < -0.39 is 17.6 Å². The van der Waals surface area contributed by atoms with Crippen LogP contribution in [0.5, 0.6) is 0 Å². The number of hydrogen-bond acceptors (Lipinski definition) is 4. The molecular weight excluding hydrogens is 198 g/mol. The molecule has 1 rings (SSSR count). The van der Waals surface area contributed by atoms with Gasteiger partial charge >= 0.3 is 0 Å². The lowest BCUT2D eigenvalue weighted by molar-refractivity contribution is -0.491. The molecule has 1 atom stereocenters. The highest BCUT2D eigenvalue weighted by Gasteiger charge is 2.10. The van der Waals surface area contributed by atoms with Gasteiger partial charge in [-0.25, -0.2) is 0 Å². The maximum absolute atomic E-state index is 10.0. The minimum Gasteiger partial charge on any atom is -0.384 e. The van der Waals surface area contributed by atoms with E-state index in [9.17, 15) is 10.1 Å². The van der Waals surface area contributed by atoms with Crippen LogP contribution in [0.2, 0.25) is 0 Å². The Hall–Kier alpha value is -1.46. The van der Waals surface area contributed by atoms with Gasteiger partial charge in [0.05, 0.1) is 13.2 Å². The summed E-state index contributed by atoms with van der Waals surface area (Å²) >= 11 is 0. The van der Waals surface area contributed by atoms with Gasteiger partial charge in [0.25, 0.3) is 0 Å². The zero-order valence-electron chi connectivity index (χ0n) is 8.20. The maximum Gasteiger partial charge on any atom is 0.231 e. The highest BCUT2D eigenvalue weighted by atomic mass is 16.6. The summed E-state index contributed by atoms with van der Waals surface area (Å²) in [7, 11) is 0. The molecule has 1 aromatic rings. The molecule has 0 aliphatic carbocycles. The summed E-state index contributed by atoms with van der Waals surface area (Å²) in [5.41, 5.74) is 0.978. The third-order valence-electron chi connectivity index (χ3n) is 1.78. The molecule has 5 heteroatoms. The van der Waals surface area contributed by atoms with Crippen molar-refractivity contribution in [3.8, 4) is 0 Å². The van der Waals surface area contributed by atoms with Gasteiger partial charge in [-0.3, -0.25) is 10.1 Å². The monoisotopic (exact) mass is 211 g/mol. The number of benzene rings is 1. The molecule has 0 aromatic heterocycles. The van der Waals surface area contributed by atoms with Gasteiger partial charge in [0.15, 0.2) is 0 Å². The highest BCUT2D eigenvalue weighted by Crippen LogP contribution is 2.00. The Morgan fingerprint density at radius 3 is 2.67 bits per heavy atom. The summed E-state index contributed by atoms with van der Waals surface area (Å²) in [5, 5.41) is 19.2. The SMILES string of the molecule is O=[N+]([O-])C[C@@H](O)COCc1ccccc1. The third kappa shape index (κ3) is 5.09. The van der Waals surface area contributed by atoms with Crippen molar-refractivity contribution in [1.29, 1.82) is 0 Å². The normalized spacial score (nSPS) is 12.3. The molecule has 82 valence electrons. The van der Waals surface area contributed by atoms with Gasteiger partial charge in [0, 0.05) is 4.92 Å². The molecule has 0 bridgehead atoms. The van der Waals surface area contributed by atoms with E-state index in [1.807, 2.05) is 30.3 Å². The summed E-state index contributed by atoms with van der Waals surface area (Å²) in [6.45, 7) is -0.139. The topological polar surface area (TPSA) is 72.6 Å². The van der Waals surface area contributed by atoms with E-state index in [-0.39, 0.29) is 6.61 Å². The second kappa shape index (κ2) is 6.10. The van der Waals surface area contributed by atoms with Crippen molar-refractivity contribution in [3.63, 3.8) is 0 Å². The molecule has 15 heavy (non-hydrogen) atoms. The number of rotatable bonds is 6. The second-order valence-corrected chi connectivity index (χ2v) is 3.17. The van der Waals surface area contributed by atoms with Crippen molar-refractivity contribution in [2.75, 3.05) is 13.2 Å². The number of nitro groups is 1. The van der Waals surface area contributed by atoms with Crippen molar-refractivity contribution < 1.29 is 14.8 Å². The van der Waals surface area contributed by atoms with E-state index in [4.69, 9.17) is 9.84 Å². The molecule has 0 heterocycles. The molecule has 1 N–H and O–H groups in total. The third-order valence-corrected chi connectivity index (χ3v) is 1.78. The van der Waals surface area contributed by atoms with Crippen LogP contribution >= 0.6 is 0 Å². The van der Waals surface area contributed by atoms with Crippen molar-refractivity contribution >= 4 is 0 Å². The minimum absolute atomic E-state index is 0.0180. The summed E-state index contributed by atoms with van der Waals surface area (Å²) in [4.78, 5) is 9.47. The molecule has 0 aliphatic heterocycles. The average Bonchev–Trinajstić information content (AvgIpc) is 2.18. The van der Waals surface area contributed by atoms with E-state index in [0.717, 1.165) is 5.56 Å². The second-order valence-electron chi connectivity index (χ2n) is 3.17. The molecule has 5 nitrogen and oxygen atoms in total. The minimum atomic E-state index is -1.04. The van der Waals surface area contributed by atoms with Gasteiger partial charge in [-0.1, -0.05) is 30.3 Å². The molecule has 1 aromatic carbocycles. The first-order valence-electron chi connectivity index (χ1n) is 4.60. The zero-order valence-corrected chi connectivity index (χ0v) is 8.20. The lowest BCUT2D eigenvalue weighted by Gasteiger charge is -2.07. The van der Waals surface area contributed by atoms with Gasteiger partial charge in [-0.2, -0.15) is 0 Å². The Balaban J connectivity index is 2.19. The van der Waals surface area contributed by atoms with Crippen LogP contribution in [0.15, 0.2) is 30.3 Å². The molecule has 0 spiro atoms. The van der Waals surface area contributed by atoms with Crippen LogP contribution in [0, 0.1) is 10.1 Å². The van der Waals surface area contributed by atoms with Crippen LogP contribution in [0.3, 0.4) is 0 Å². The fourth-order valence-corrected chi connectivity index (χ4v) is 1.11. The van der Waals surface area contributed by atoms with Gasteiger partial charge in [0.1, 0.15) is 6.10 Å². The number of hydrogen-bond donors (Lipinski definition) is 1. The lowest BCUT2D eigenvalue weighted by Crippen LogP contribution is -2.24. The number of aliphatic hydroxyl groups is 1. The first kappa shape index (κ1) is 11.6. The quantitative estimate of drug-likeness (QED) is 0.559. The van der Waals surface area contributed by atoms with Gasteiger partial charge in [-0.05, 0) is 5.56 Å². The Bertz CT molecular complexity index is 302. The molecule has 0 saturated heterocycles. The average molecular weight is 211 g/mol. The van der Waals surface area contributed by atoms with Crippen molar-refractivity contribution in [3.05, 3.63) is 46.0 Å². The van der Waals surface area contributed by atoms with Crippen LogP contribution in [0.4, 0.5) is 0 Å². The molecule has 0 saturated carbocycles. The largest absolute Gasteiger partial charge is 0.384 e. The molecule has 0 fully saturated rings. The Labute approximate surface area is 87.5 Å². The Morgan fingerprint density at radius 2 is 2.07 bits per heavy atom. The van der Waals surface area contributed by atoms with Gasteiger partial charge in [0.2, 0.25) is 6.54 Å². The molecule has 0 amide bonds. The standard InChI is InChI=1S/C10H13NO4/c12-10(6-11(13)14)8-15-7-9-4-2-1-3-5-9/h1-5,10,12H,6-8H2/t10-/m1/s1. The number of aliphatic hydroxyl groups excluding tert-OH is 1. The van der Waals surface area contributed by atoms with E-state index in [1.54, 1.807) is 0 Å². The lowest BCUT2D eigenvalue weighted by atomic mass is 10.2. The Morgan fingerprint density at radius 1 is 1.40 bits per heavy atom. The van der Waals surface area contributed by atoms with Crippen LogP contribution in [0.1, 0.15) is 5.56 Å². The van der Waals surface area contributed by atoms with Crippen molar-refractivity contribution in [2.45, 2.75) is 12.7 Å². The zero-order chi connectivity index (χ0) is 11.1. The fraction of sp³-hybridized carbons (Fsp3) is 0.400. The van der Waals surface area contributed by atoms with Crippen molar-refractivity contribution in [1.82, 2.24) is 0 Å². The summed E-state index contributed by atoms with van der Waals surface area (Å²) in [5.74, 6) is 0. The number of nitrogens with zero attached hydrogens (tertiary/aromatic N) is 1. The molecular formula is C10H13NO4. The van der Waals surface area contributed by atoms with E-state index in [1.165, 1.54) is 0 Å². The predicted molar refractivity (Wildman–Crippen MR) is 54.0 cm³/mol. The molecule has 0 aliphatic rings. The summed E-state index contributed by atoms with van der Waals surface area (Å²) in [6, 6.07) is 9.43. The van der Waals surface area contributed by atoms with Gasteiger partial charge in [-0.15, -0.1) is 0 Å². The summed E-state index contributed by atoms with van der Waals surface area (Å²) < 4.78 is 5.13. The molecule has 0 unspecified atom stereocenters. The van der Waals surface area contributed by atoms with E-state index in [0.29, 0.717) is 6.61 Å². The van der Waals surface area contributed by atoms with Crippen LogP contribution in [0.25, 0.3) is 0 Å². The summed E-state index contributed by atoms with van der Waals surface area (Å²) in [6.07, 6.45) is -1.04. The van der Waals surface area contributed by atoms with E-state index in [2.05, 4.69) is 0 Å². The highest BCUT2D eigenvalue weighted by molar-refractivity contribution is 5.13. The smallest absolute Gasteiger partial charge is 0.231 e. The molecule has 0 radical (unpaired) electrons. The van der Waals surface area contributed by atoms with E-state index >= 15 is 0 Å². The fourth-order valence-electron chi connectivity index (χ4n) is 1.11. The Kier molecular flexibility index (Phi) is 4.73. The first-order chi connectivity index (χ1) is 7.18. The van der Waals surface area contributed by atoms with Crippen LogP contribution in [-0.2, 0) is 11.3 Å². The number of ether oxygens (including phenoxy) is 1. The predicted octanol–water partition coefficient (Wildman–Crippen LogP) is 0.841. The van der Waals surface area contributed by atoms with Crippen LogP contribution in [-0.4, -0.2) is 29.3 Å². The first-order valence-corrected chi connectivity index (χ1v) is 4.60. The van der Waals surface area contributed by atoms with Gasteiger partial charge < -0.3 is 9.84 Å².